The smallest absolute Gasteiger partial charge is 0.324 e. The molecule has 0 bridgehead atoms. The fourth-order valence-corrected chi connectivity index (χ4v) is 3.84. The molecule has 29 heavy (non-hydrogen) atoms. The molecular weight excluding hydrogens is 420 g/mol. The van der Waals surface area contributed by atoms with Crippen LogP contribution in [0.1, 0.15) is 18.4 Å². The van der Waals surface area contributed by atoms with Gasteiger partial charge in [-0.25, -0.2) is 8.42 Å². The summed E-state index contributed by atoms with van der Waals surface area (Å²) in [5.41, 5.74) is 5.77. The van der Waals surface area contributed by atoms with E-state index in [0.29, 0.717) is 16.3 Å². The fraction of sp³-hybridized carbons (Fsp3) is 0.263. The van der Waals surface area contributed by atoms with Gasteiger partial charge in [-0.2, -0.15) is 4.72 Å². The van der Waals surface area contributed by atoms with Gasteiger partial charge in [0.25, 0.3) is 0 Å². The molecule has 1 amide bonds. The van der Waals surface area contributed by atoms with E-state index in [4.69, 9.17) is 26.8 Å². The summed E-state index contributed by atoms with van der Waals surface area (Å²) in [7, 11) is -2.59. The van der Waals surface area contributed by atoms with Crippen molar-refractivity contribution in [2.24, 2.45) is 5.73 Å². The van der Waals surface area contributed by atoms with Crippen LogP contribution in [-0.2, 0) is 31.0 Å². The zero-order valence-corrected chi connectivity index (χ0v) is 17.2. The van der Waals surface area contributed by atoms with E-state index in [1.807, 2.05) is 0 Å². The van der Waals surface area contributed by atoms with Gasteiger partial charge < -0.3 is 15.2 Å². The molecule has 10 heteroatoms. The van der Waals surface area contributed by atoms with Gasteiger partial charge in [0.2, 0.25) is 15.9 Å². The van der Waals surface area contributed by atoms with E-state index in [0.717, 1.165) is 0 Å². The predicted molar refractivity (Wildman–Crippen MR) is 107 cm³/mol. The van der Waals surface area contributed by atoms with E-state index in [-0.39, 0.29) is 24.3 Å². The first-order chi connectivity index (χ1) is 13.7. The monoisotopic (exact) mass is 440 g/mol. The normalized spacial score (nSPS) is 12.2. The summed E-state index contributed by atoms with van der Waals surface area (Å²) in [4.78, 5) is 23.5. The minimum absolute atomic E-state index is 0.0648. The lowest BCUT2D eigenvalue weighted by Gasteiger charge is -2.17. The van der Waals surface area contributed by atoms with Crippen LogP contribution in [-0.4, -0.2) is 33.4 Å². The van der Waals surface area contributed by atoms with E-state index < -0.39 is 27.9 Å². The van der Waals surface area contributed by atoms with Crippen LogP contribution in [0.4, 0.5) is 0 Å². The highest BCUT2D eigenvalue weighted by Gasteiger charge is 2.27. The van der Waals surface area contributed by atoms with Crippen molar-refractivity contribution in [1.29, 1.82) is 0 Å². The van der Waals surface area contributed by atoms with Gasteiger partial charge in [-0.15, -0.1) is 0 Å². The van der Waals surface area contributed by atoms with Crippen LogP contribution in [0, 0.1) is 0 Å². The second-order valence-electron chi connectivity index (χ2n) is 6.09. The molecule has 0 aliphatic carbocycles. The third-order valence-electron chi connectivity index (χ3n) is 3.90. The lowest BCUT2D eigenvalue weighted by atomic mass is 10.1. The lowest BCUT2D eigenvalue weighted by Crippen LogP contribution is -2.42. The summed E-state index contributed by atoms with van der Waals surface area (Å²) in [5, 5.41) is 0.476. The van der Waals surface area contributed by atoms with E-state index >= 15 is 0 Å². The van der Waals surface area contributed by atoms with Crippen LogP contribution in [0.25, 0.3) is 0 Å². The number of amides is 1. The number of nitrogens with one attached hydrogen (secondary N) is 1. The van der Waals surface area contributed by atoms with Gasteiger partial charge in [-0.05, 0) is 48.4 Å². The van der Waals surface area contributed by atoms with Crippen molar-refractivity contribution in [3.63, 3.8) is 0 Å². The molecular formula is C19H21ClN2O6S. The Kier molecular flexibility index (Phi) is 8.00. The van der Waals surface area contributed by atoms with Crippen molar-refractivity contribution < 1.29 is 27.5 Å². The summed E-state index contributed by atoms with van der Waals surface area (Å²) in [6.07, 6.45) is -0.332. The van der Waals surface area contributed by atoms with Crippen molar-refractivity contribution in [3.05, 3.63) is 59.1 Å². The third-order valence-corrected chi connectivity index (χ3v) is 5.62. The van der Waals surface area contributed by atoms with E-state index in [9.17, 15) is 18.0 Å². The number of carbonyl (C=O) groups excluding carboxylic acids is 2. The Labute approximate surface area is 174 Å². The maximum atomic E-state index is 12.6. The van der Waals surface area contributed by atoms with Crippen molar-refractivity contribution in [2.75, 3.05) is 7.11 Å². The number of benzene rings is 2. The van der Waals surface area contributed by atoms with Crippen molar-refractivity contribution >= 4 is 33.5 Å². The topological polar surface area (TPSA) is 125 Å². The average Bonchev–Trinajstić information content (AvgIpc) is 2.69. The molecule has 0 aliphatic rings. The molecule has 0 heterocycles. The first-order valence-corrected chi connectivity index (χ1v) is 10.4. The van der Waals surface area contributed by atoms with E-state index in [1.165, 1.54) is 31.4 Å². The summed E-state index contributed by atoms with van der Waals surface area (Å²) in [6.45, 7) is -0.100. The number of ether oxygens (including phenoxy) is 2. The SMILES string of the molecule is COc1ccc(S(=O)(=O)N[C@@H](CCC(N)=O)C(=O)OCc2cccc(Cl)c2)cc1. The summed E-state index contributed by atoms with van der Waals surface area (Å²) in [6, 6.07) is 11.0. The molecule has 0 radical (unpaired) electrons. The second kappa shape index (κ2) is 10.2. The number of methoxy groups -OCH3 is 1. The Morgan fingerprint density at radius 2 is 1.86 bits per heavy atom. The number of hydrogen-bond acceptors (Lipinski definition) is 6. The molecule has 3 N–H and O–H groups in total. The Morgan fingerprint density at radius 3 is 2.45 bits per heavy atom. The van der Waals surface area contributed by atoms with Gasteiger partial charge in [0, 0.05) is 11.4 Å². The first-order valence-electron chi connectivity index (χ1n) is 8.57. The van der Waals surface area contributed by atoms with Crippen LogP contribution in [0.5, 0.6) is 5.75 Å². The maximum absolute atomic E-state index is 12.6. The number of esters is 1. The zero-order chi connectivity index (χ0) is 21.4. The summed E-state index contributed by atoms with van der Waals surface area (Å²) >= 11 is 5.89. The van der Waals surface area contributed by atoms with Gasteiger partial charge in [-0.1, -0.05) is 23.7 Å². The van der Waals surface area contributed by atoms with Crippen molar-refractivity contribution in [3.8, 4) is 5.75 Å². The summed E-state index contributed by atoms with van der Waals surface area (Å²) in [5.74, 6) is -1.01. The number of nitrogens with two attached hydrogens (primary N) is 1. The highest BCUT2D eigenvalue weighted by atomic mass is 35.5. The Hall–Kier alpha value is -2.62. The molecule has 0 aliphatic heterocycles. The van der Waals surface area contributed by atoms with Gasteiger partial charge in [-0.3, -0.25) is 9.59 Å². The first kappa shape index (κ1) is 22.7. The van der Waals surface area contributed by atoms with Crippen molar-refractivity contribution in [2.45, 2.75) is 30.4 Å². The third kappa shape index (κ3) is 7.04. The van der Waals surface area contributed by atoms with Crippen LogP contribution < -0.4 is 15.2 Å². The highest BCUT2D eigenvalue weighted by Crippen LogP contribution is 2.17. The van der Waals surface area contributed by atoms with Gasteiger partial charge in [0.05, 0.1) is 12.0 Å². The van der Waals surface area contributed by atoms with Crippen LogP contribution in [0.2, 0.25) is 5.02 Å². The molecule has 0 aromatic heterocycles. The van der Waals surface area contributed by atoms with Gasteiger partial charge in [0.15, 0.2) is 0 Å². The maximum Gasteiger partial charge on any atom is 0.324 e. The standard InChI is InChI=1S/C19H21ClN2O6S/c1-27-15-5-7-16(8-6-15)29(25,26)22-17(9-10-18(21)23)19(24)28-12-13-3-2-4-14(20)11-13/h2-8,11,17,22H,9-10,12H2,1H3,(H2,21,23)/t17-/m0/s1. The van der Waals surface area contributed by atoms with Gasteiger partial charge >= 0.3 is 5.97 Å². The molecule has 0 unspecified atom stereocenters. The number of rotatable bonds is 10. The van der Waals surface area contributed by atoms with Gasteiger partial charge in [0.1, 0.15) is 18.4 Å². The lowest BCUT2D eigenvalue weighted by molar-refractivity contribution is -0.147. The van der Waals surface area contributed by atoms with Crippen LogP contribution in [0.3, 0.4) is 0 Å². The van der Waals surface area contributed by atoms with Crippen LogP contribution >= 0.6 is 11.6 Å². The Bertz CT molecular complexity index is 963. The molecule has 0 saturated carbocycles. The van der Waals surface area contributed by atoms with E-state index in [1.54, 1.807) is 24.3 Å². The zero-order valence-electron chi connectivity index (χ0n) is 15.6. The Balaban J connectivity index is 2.12. The average molecular weight is 441 g/mol. The molecule has 2 aromatic rings. The number of halogens is 1. The molecule has 0 fully saturated rings. The Morgan fingerprint density at radius 1 is 1.17 bits per heavy atom. The molecule has 0 saturated heterocycles. The molecule has 2 aromatic carbocycles. The molecule has 156 valence electrons. The molecule has 8 nitrogen and oxygen atoms in total. The number of primary amides is 1. The van der Waals surface area contributed by atoms with Crippen LogP contribution in [0.15, 0.2) is 53.4 Å². The highest BCUT2D eigenvalue weighted by molar-refractivity contribution is 7.89. The second-order valence-corrected chi connectivity index (χ2v) is 8.24. The number of hydrogen-bond donors (Lipinski definition) is 2. The predicted octanol–water partition coefficient (Wildman–Crippen LogP) is 2.00. The fourth-order valence-electron chi connectivity index (χ4n) is 2.40. The summed E-state index contributed by atoms with van der Waals surface area (Å²) < 4.78 is 37.7. The minimum atomic E-state index is -4.05. The number of sulfonamides is 1. The quantitative estimate of drug-likeness (QED) is 0.544. The minimum Gasteiger partial charge on any atom is -0.497 e. The molecule has 1 atom stereocenters. The molecule has 2 rings (SSSR count). The van der Waals surface area contributed by atoms with E-state index in [2.05, 4.69) is 4.72 Å². The number of carbonyl (C=O) groups is 2. The largest absolute Gasteiger partial charge is 0.497 e. The van der Waals surface area contributed by atoms with Crippen molar-refractivity contribution in [1.82, 2.24) is 4.72 Å². The molecule has 0 spiro atoms.